The van der Waals surface area contributed by atoms with Crippen molar-refractivity contribution >= 4 is 10.0 Å². The largest absolute Gasteiger partial charge is 0.493 e. The molecule has 0 saturated heterocycles. The highest BCUT2D eigenvalue weighted by Gasteiger charge is 2.23. The van der Waals surface area contributed by atoms with Gasteiger partial charge >= 0.3 is 0 Å². The Morgan fingerprint density at radius 1 is 1.37 bits per heavy atom. The van der Waals surface area contributed by atoms with E-state index in [0.29, 0.717) is 12.5 Å². The first-order chi connectivity index (χ1) is 8.79. The molecule has 0 aliphatic heterocycles. The lowest BCUT2D eigenvalue weighted by Gasteiger charge is -2.16. The zero-order chi connectivity index (χ0) is 14.2. The number of rotatable bonds is 5. The molecule has 19 heavy (non-hydrogen) atoms. The minimum atomic E-state index is -3.69. The SMILES string of the molecule is Cc1cc(S(N)(=O)=O)c(C(C)C)cc1OCC1CC1. The lowest BCUT2D eigenvalue weighted by Crippen LogP contribution is -2.16. The van der Waals surface area contributed by atoms with E-state index in [-0.39, 0.29) is 10.8 Å². The molecule has 1 aromatic carbocycles. The van der Waals surface area contributed by atoms with Crippen molar-refractivity contribution in [1.82, 2.24) is 0 Å². The summed E-state index contributed by atoms with van der Waals surface area (Å²) in [6.07, 6.45) is 2.46. The second-order valence-corrected chi connectivity index (χ2v) is 7.14. The maximum Gasteiger partial charge on any atom is 0.238 e. The Hall–Kier alpha value is -1.07. The third kappa shape index (κ3) is 3.48. The summed E-state index contributed by atoms with van der Waals surface area (Å²) in [6, 6.07) is 3.44. The highest BCUT2D eigenvalue weighted by atomic mass is 32.2. The Kier molecular flexibility index (Phi) is 3.87. The van der Waals surface area contributed by atoms with Crippen molar-refractivity contribution in [1.29, 1.82) is 0 Å². The van der Waals surface area contributed by atoms with Crippen LogP contribution in [-0.2, 0) is 10.0 Å². The molecular formula is C14H21NO3S. The van der Waals surface area contributed by atoms with Crippen LogP contribution in [0.4, 0.5) is 0 Å². The quantitative estimate of drug-likeness (QED) is 0.903. The molecule has 0 bridgehead atoms. The van der Waals surface area contributed by atoms with Crippen LogP contribution in [0.25, 0.3) is 0 Å². The molecule has 0 spiro atoms. The molecule has 0 atom stereocenters. The van der Waals surface area contributed by atoms with Gasteiger partial charge in [0.15, 0.2) is 0 Å². The summed E-state index contributed by atoms with van der Waals surface area (Å²) in [6.45, 7) is 6.46. The van der Waals surface area contributed by atoms with Crippen LogP contribution in [0.5, 0.6) is 5.75 Å². The number of primary sulfonamides is 1. The van der Waals surface area contributed by atoms with E-state index < -0.39 is 10.0 Å². The molecule has 2 rings (SSSR count). The number of hydrogen-bond donors (Lipinski definition) is 1. The Labute approximate surface area is 115 Å². The molecule has 0 amide bonds. The Bertz CT molecular complexity index is 575. The normalized spacial score (nSPS) is 15.8. The van der Waals surface area contributed by atoms with E-state index in [2.05, 4.69) is 0 Å². The van der Waals surface area contributed by atoms with Gasteiger partial charge in [-0.15, -0.1) is 0 Å². The van der Waals surface area contributed by atoms with Crippen LogP contribution >= 0.6 is 0 Å². The molecule has 1 aromatic rings. The minimum Gasteiger partial charge on any atom is -0.493 e. The van der Waals surface area contributed by atoms with Crippen molar-refractivity contribution in [3.8, 4) is 5.75 Å². The Balaban J connectivity index is 2.38. The molecule has 1 saturated carbocycles. The van der Waals surface area contributed by atoms with Crippen LogP contribution in [0.3, 0.4) is 0 Å². The summed E-state index contributed by atoms with van der Waals surface area (Å²) in [4.78, 5) is 0.207. The Morgan fingerprint density at radius 2 is 2.00 bits per heavy atom. The van der Waals surface area contributed by atoms with Gasteiger partial charge in [-0.25, -0.2) is 13.6 Å². The summed E-state index contributed by atoms with van der Waals surface area (Å²) in [7, 11) is -3.69. The average Bonchev–Trinajstić information content (AvgIpc) is 3.09. The van der Waals surface area contributed by atoms with Crippen molar-refractivity contribution in [3.63, 3.8) is 0 Å². The second kappa shape index (κ2) is 5.13. The van der Waals surface area contributed by atoms with E-state index in [9.17, 15) is 8.42 Å². The fourth-order valence-electron chi connectivity index (χ4n) is 2.02. The molecule has 0 radical (unpaired) electrons. The van der Waals surface area contributed by atoms with Crippen LogP contribution in [0.15, 0.2) is 17.0 Å². The van der Waals surface area contributed by atoms with E-state index >= 15 is 0 Å². The minimum absolute atomic E-state index is 0.0807. The third-order valence-electron chi connectivity index (χ3n) is 3.41. The van der Waals surface area contributed by atoms with Crippen LogP contribution < -0.4 is 9.88 Å². The topological polar surface area (TPSA) is 69.4 Å². The fraction of sp³-hybridized carbons (Fsp3) is 0.571. The van der Waals surface area contributed by atoms with Gasteiger partial charge in [0.05, 0.1) is 11.5 Å². The van der Waals surface area contributed by atoms with Gasteiger partial charge in [0.25, 0.3) is 0 Å². The maximum absolute atomic E-state index is 11.6. The average molecular weight is 283 g/mol. The van der Waals surface area contributed by atoms with Crippen LogP contribution in [-0.4, -0.2) is 15.0 Å². The van der Waals surface area contributed by atoms with Crippen molar-refractivity contribution < 1.29 is 13.2 Å². The van der Waals surface area contributed by atoms with Gasteiger partial charge in [0.2, 0.25) is 10.0 Å². The van der Waals surface area contributed by atoms with E-state index in [1.54, 1.807) is 6.07 Å². The van der Waals surface area contributed by atoms with Crippen molar-refractivity contribution in [2.24, 2.45) is 11.1 Å². The van der Waals surface area contributed by atoms with Gasteiger partial charge in [0, 0.05) is 0 Å². The summed E-state index contributed by atoms with van der Waals surface area (Å²) in [5.41, 5.74) is 1.54. The first-order valence-electron chi connectivity index (χ1n) is 6.59. The van der Waals surface area contributed by atoms with Crippen molar-refractivity contribution in [2.45, 2.75) is 44.4 Å². The van der Waals surface area contributed by atoms with E-state index in [4.69, 9.17) is 9.88 Å². The number of ether oxygens (including phenoxy) is 1. The van der Waals surface area contributed by atoms with Gasteiger partial charge in [-0.3, -0.25) is 0 Å². The zero-order valence-electron chi connectivity index (χ0n) is 11.6. The first kappa shape index (κ1) is 14.3. The standard InChI is InChI=1S/C14H21NO3S/c1-9(2)12-7-13(18-8-11-4-5-11)10(3)6-14(12)19(15,16)17/h6-7,9,11H,4-5,8H2,1-3H3,(H2,15,16,17). The summed E-state index contributed by atoms with van der Waals surface area (Å²) in [5.74, 6) is 1.51. The molecule has 0 unspecified atom stereocenters. The first-order valence-corrected chi connectivity index (χ1v) is 8.14. The van der Waals surface area contributed by atoms with Gasteiger partial charge in [-0.1, -0.05) is 13.8 Å². The third-order valence-corrected chi connectivity index (χ3v) is 4.37. The maximum atomic E-state index is 11.6. The lowest BCUT2D eigenvalue weighted by atomic mass is 10.0. The summed E-state index contributed by atoms with van der Waals surface area (Å²) >= 11 is 0. The number of aryl methyl sites for hydroxylation is 1. The molecule has 1 aliphatic carbocycles. The second-order valence-electron chi connectivity index (χ2n) is 5.61. The lowest BCUT2D eigenvalue weighted by molar-refractivity contribution is 0.297. The predicted octanol–water partition coefficient (Wildman–Crippen LogP) is 2.55. The fourth-order valence-corrected chi connectivity index (χ4v) is 2.99. The molecule has 1 aliphatic rings. The molecule has 1 fully saturated rings. The highest BCUT2D eigenvalue weighted by molar-refractivity contribution is 7.89. The van der Waals surface area contributed by atoms with E-state index in [0.717, 1.165) is 16.9 Å². The Morgan fingerprint density at radius 3 is 2.47 bits per heavy atom. The monoisotopic (exact) mass is 283 g/mol. The highest BCUT2D eigenvalue weighted by Crippen LogP contribution is 2.33. The number of benzene rings is 1. The smallest absolute Gasteiger partial charge is 0.238 e. The van der Waals surface area contributed by atoms with Crippen LogP contribution in [0, 0.1) is 12.8 Å². The summed E-state index contributed by atoms with van der Waals surface area (Å²) < 4.78 is 29.1. The predicted molar refractivity (Wildman–Crippen MR) is 74.9 cm³/mol. The van der Waals surface area contributed by atoms with Gasteiger partial charge in [-0.05, 0) is 54.9 Å². The molecule has 0 heterocycles. The molecule has 0 aromatic heterocycles. The van der Waals surface area contributed by atoms with Crippen molar-refractivity contribution in [3.05, 3.63) is 23.3 Å². The van der Waals surface area contributed by atoms with E-state index in [1.165, 1.54) is 12.8 Å². The van der Waals surface area contributed by atoms with Crippen LogP contribution in [0.2, 0.25) is 0 Å². The van der Waals surface area contributed by atoms with Crippen LogP contribution in [0.1, 0.15) is 43.7 Å². The number of nitrogens with two attached hydrogens (primary N) is 1. The number of sulfonamides is 1. The van der Waals surface area contributed by atoms with Crippen molar-refractivity contribution in [2.75, 3.05) is 6.61 Å². The van der Waals surface area contributed by atoms with Gasteiger partial charge in [-0.2, -0.15) is 0 Å². The molecule has 5 heteroatoms. The molecule has 106 valence electrons. The molecular weight excluding hydrogens is 262 g/mol. The van der Waals surface area contributed by atoms with Gasteiger partial charge < -0.3 is 4.74 Å². The summed E-state index contributed by atoms with van der Waals surface area (Å²) in [5, 5.41) is 5.28. The van der Waals surface area contributed by atoms with E-state index in [1.807, 2.05) is 26.8 Å². The van der Waals surface area contributed by atoms with Gasteiger partial charge in [0.1, 0.15) is 5.75 Å². The molecule has 4 nitrogen and oxygen atoms in total. The number of hydrogen-bond acceptors (Lipinski definition) is 3. The zero-order valence-corrected chi connectivity index (χ0v) is 12.5. The molecule has 2 N–H and O–H groups in total.